The fourth-order valence-corrected chi connectivity index (χ4v) is 2.67. The van der Waals surface area contributed by atoms with Crippen molar-refractivity contribution in [1.29, 1.82) is 0 Å². The van der Waals surface area contributed by atoms with Gasteiger partial charge < -0.3 is 4.74 Å². The van der Waals surface area contributed by atoms with Gasteiger partial charge in [0.25, 0.3) is 11.8 Å². The monoisotopic (exact) mass is 455 g/mol. The van der Waals surface area contributed by atoms with Crippen LogP contribution in [0, 0.1) is 3.57 Å². The van der Waals surface area contributed by atoms with Crippen molar-refractivity contribution < 1.29 is 14.3 Å². The van der Waals surface area contributed by atoms with E-state index in [1.165, 1.54) is 0 Å². The number of thiocarbonyl (C=S) groups is 1. The Bertz CT molecular complexity index is 768. The highest BCUT2D eigenvalue weighted by molar-refractivity contribution is 14.1. The van der Waals surface area contributed by atoms with Gasteiger partial charge in [-0.3, -0.25) is 25.8 Å². The zero-order valence-electron chi connectivity index (χ0n) is 12.6. The lowest BCUT2D eigenvalue weighted by Gasteiger charge is -2.11. The van der Waals surface area contributed by atoms with Gasteiger partial charge in [0, 0.05) is 11.1 Å². The molecule has 0 bridgehead atoms. The van der Waals surface area contributed by atoms with Gasteiger partial charge in [-0.05, 0) is 65.1 Å². The van der Waals surface area contributed by atoms with Crippen LogP contribution in [0.4, 0.5) is 0 Å². The maximum absolute atomic E-state index is 12.1. The molecule has 124 valence electrons. The van der Waals surface area contributed by atoms with E-state index >= 15 is 0 Å². The Morgan fingerprint density at radius 1 is 1.00 bits per heavy atom. The molecule has 0 heterocycles. The van der Waals surface area contributed by atoms with Gasteiger partial charge in [0.2, 0.25) is 0 Å². The standard InChI is InChI=1S/C16H14IN3O3S/c1-23-13-8-7-11(9-12(13)17)14(21)18-16(24)20-19-15(22)10-5-3-2-4-6-10/h2-9H,1H3,(H,19,22)(H2,18,20,21,24). The molecule has 0 saturated carbocycles. The van der Waals surface area contributed by atoms with Crippen LogP contribution in [0.1, 0.15) is 20.7 Å². The highest BCUT2D eigenvalue weighted by atomic mass is 127. The van der Waals surface area contributed by atoms with E-state index < -0.39 is 0 Å². The SMILES string of the molecule is COc1ccc(C(=O)NC(=S)NNC(=O)c2ccccc2)cc1I. The summed E-state index contributed by atoms with van der Waals surface area (Å²) in [5.74, 6) is -0.0591. The lowest BCUT2D eigenvalue weighted by atomic mass is 10.2. The summed E-state index contributed by atoms with van der Waals surface area (Å²) < 4.78 is 5.95. The normalized spacial score (nSPS) is 9.75. The molecule has 0 atom stereocenters. The number of hydrogen-bond acceptors (Lipinski definition) is 4. The van der Waals surface area contributed by atoms with E-state index in [9.17, 15) is 9.59 Å². The Hall–Kier alpha value is -2.20. The molecular weight excluding hydrogens is 441 g/mol. The number of nitrogens with one attached hydrogen (secondary N) is 3. The maximum Gasteiger partial charge on any atom is 0.269 e. The highest BCUT2D eigenvalue weighted by Gasteiger charge is 2.11. The average molecular weight is 455 g/mol. The molecule has 24 heavy (non-hydrogen) atoms. The molecule has 0 aromatic heterocycles. The molecule has 2 aromatic carbocycles. The Morgan fingerprint density at radius 2 is 1.71 bits per heavy atom. The number of amides is 2. The fourth-order valence-electron chi connectivity index (χ4n) is 1.79. The van der Waals surface area contributed by atoms with Crippen LogP contribution in [-0.2, 0) is 0 Å². The second kappa shape index (κ2) is 8.60. The van der Waals surface area contributed by atoms with Crippen molar-refractivity contribution in [2.24, 2.45) is 0 Å². The van der Waals surface area contributed by atoms with Crippen LogP contribution >= 0.6 is 34.8 Å². The van der Waals surface area contributed by atoms with Crippen LogP contribution in [0.15, 0.2) is 48.5 Å². The fraction of sp³-hybridized carbons (Fsp3) is 0.0625. The lowest BCUT2D eigenvalue weighted by Crippen LogP contribution is -2.48. The summed E-state index contributed by atoms with van der Waals surface area (Å²) in [5, 5.41) is 2.49. The van der Waals surface area contributed by atoms with Crippen LogP contribution in [0.5, 0.6) is 5.75 Å². The number of hydrazine groups is 1. The lowest BCUT2D eigenvalue weighted by molar-refractivity contribution is 0.0934. The molecule has 0 unspecified atom stereocenters. The first kappa shape index (κ1) is 18.1. The number of halogens is 1. The van der Waals surface area contributed by atoms with E-state index in [2.05, 4.69) is 38.8 Å². The molecule has 8 heteroatoms. The molecule has 0 radical (unpaired) electrons. The molecule has 0 fully saturated rings. The van der Waals surface area contributed by atoms with Crippen molar-refractivity contribution in [3.05, 3.63) is 63.2 Å². The summed E-state index contributed by atoms with van der Waals surface area (Å²) in [6, 6.07) is 13.6. The van der Waals surface area contributed by atoms with Crippen LogP contribution in [0.25, 0.3) is 0 Å². The molecule has 3 N–H and O–H groups in total. The van der Waals surface area contributed by atoms with Gasteiger partial charge >= 0.3 is 0 Å². The largest absolute Gasteiger partial charge is 0.496 e. The number of carbonyl (C=O) groups excluding carboxylic acids is 2. The molecule has 0 saturated heterocycles. The van der Waals surface area contributed by atoms with E-state index in [4.69, 9.17) is 17.0 Å². The van der Waals surface area contributed by atoms with Gasteiger partial charge in [-0.2, -0.15) is 0 Å². The Balaban J connectivity index is 1.89. The molecule has 0 aliphatic carbocycles. The zero-order chi connectivity index (χ0) is 17.5. The van der Waals surface area contributed by atoms with Gasteiger partial charge in [-0.1, -0.05) is 18.2 Å². The van der Waals surface area contributed by atoms with Gasteiger partial charge in [0.1, 0.15) is 5.75 Å². The average Bonchev–Trinajstić information content (AvgIpc) is 2.60. The molecule has 0 aliphatic rings. The van der Waals surface area contributed by atoms with Crippen LogP contribution in [0.2, 0.25) is 0 Å². The van der Waals surface area contributed by atoms with E-state index in [0.29, 0.717) is 16.9 Å². The maximum atomic E-state index is 12.1. The molecule has 2 aromatic rings. The van der Waals surface area contributed by atoms with E-state index in [0.717, 1.165) is 3.57 Å². The topological polar surface area (TPSA) is 79.5 Å². The predicted molar refractivity (Wildman–Crippen MR) is 103 cm³/mol. The van der Waals surface area contributed by atoms with Crippen molar-refractivity contribution in [3.63, 3.8) is 0 Å². The Kier molecular flexibility index (Phi) is 6.50. The second-order valence-electron chi connectivity index (χ2n) is 4.58. The van der Waals surface area contributed by atoms with Gasteiger partial charge in [-0.15, -0.1) is 0 Å². The summed E-state index contributed by atoms with van der Waals surface area (Å²) in [6.45, 7) is 0. The minimum Gasteiger partial charge on any atom is -0.496 e. The molecule has 2 amide bonds. The van der Waals surface area contributed by atoms with Crippen molar-refractivity contribution in [2.45, 2.75) is 0 Å². The summed E-state index contributed by atoms with van der Waals surface area (Å²) in [7, 11) is 1.56. The zero-order valence-corrected chi connectivity index (χ0v) is 15.6. The minimum absolute atomic E-state index is 0.00453. The summed E-state index contributed by atoms with van der Waals surface area (Å²) in [5.41, 5.74) is 5.82. The minimum atomic E-state index is -0.387. The number of hydrogen-bond donors (Lipinski definition) is 3. The third-order valence-corrected chi connectivity index (χ3v) is 4.01. The Labute approximate surface area is 158 Å². The summed E-state index contributed by atoms with van der Waals surface area (Å²) in [6.07, 6.45) is 0. The summed E-state index contributed by atoms with van der Waals surface area (Å²) >= 11 is 7.07. The first-order valence-corrected chi connectivity index (χ1v) is 8.30. The van der Waals surface area contributed by atoms with Crippen molar-refractivity contribution in [2.75, 3.05) is 7.11 Å². The van der Waals surface area contributed by atoms with E-state index in [1.807, 2.05) is 6.07 Å². The van der Waals surface area contributed by atoms with Gasteiger partial charge in [-0.25, -0.2) is 0 Å². The molecule has 2 rings (SSSR count). The molecular formula is C16H14IN3O3S. The number of carbonyl (C=O) groups is 2. The predicted octanol–water partition coefficient (Wildman–Crippen LogP) is 2.25. The van der Waals surface area contributed by atoms with Gasteiger partial charge in [0.15, 0.2) is 5.11 Å². The van der Waals surface area contributed by atoms with E-state index in [-0.39, 0.29) is 16.9 Å². The second-order valence-corrected chi connectivity index (χ2v) is 6.15. The van der Waals surface area contributed by atoms with Crippen LogP contribution in [-0.4, -0.2) is 24.0 Å². The number of ether oxygens (including phenoxy) is 1. The number of methoxy groups -OCH3 is 1. The first-order chi connectivity index (χ1) is 11.5. The van der Waals surface area contributed by atoms with Crippen LogP contribution < -0.4 is 20.9 Å². The third kappa shape index (κ3) is 4.90. The van der Waals surface area contributed by atoms with E-state index in [1.54, 1.807) is 49.6 Å². The van der Waals surface area contributed by atoms with Crippen molar-refractivity contribution in [3.8, 4) is 5.75 Å². The molecule has 0 spiro atoms. The third-order valence-electron chi connectivity index (χ3n) is 2.97. The Morgan fingerprint density at radius 3 is 2.33 bits per heavy atom. The summed E-state index contributed by atoms with van der Waals surface area (Å²) in [4.78, 5) is 24.0. The quantitative estimate of drug-likeness (QED) is 0.376. The first-order valence-electron chi connectivity index (χ1n) is 6.81. The van der Waals surface area contributed by atoms with Crippen molar-refractivity contribution in [1.82, 2.24) is 16.2 Å². The smallest absolute Gasteiger partial charge is 0.269 e. The number of benzene rings is 2. The van der Waals surface area contributed by atoms with Crippen molar-refractivity contribution >= 4 is 51.7 Å². The van der Waals surface area contributed by atoms with Gasteiger partial charge in [0.05, 0.1) is 10.7 Å². The molecule has 6 nitrogen and oxygen atoms in total. The van der Waals surface area contributed by atoms with Crippen LogP contribution in [0.3, 0.4) is 0 Å². The number of rotatable bonds is 3. The molecule has 0 aliphatic heterocycles. The highest BCUT2D eigenvalue weighted by Crippen LogP contribution is 2.21.